The number of rotatable bonds is 5. The third kappa shape index (κ3) is 4.16. The summed E-state index contributed by atoms with van der Waals surface area (Å²) in [5.41, 5.74) is 1.65. The number of aromatic nitrogens is 1. The van der Waals surface area contributed by atoms with Crippen LogP contribution in [0, 0.1) is 12.8 Å². The molecule has 0 saturated heterocycles. The maximum atomic E-state index is 11.7. The Bertz CT molecular complexity index is 426. The van der Waals surface area contributed by atoms with Gasteiger partial charge >= 0.3 is 5.97 Å². The lowest BCUT2D eigenvalue weighted by Crippen LogP contribution is -2.44. The van der Waals surface area contributed by atoms with E-state index in [0.717, 1.165) is 11.3 Å². The van der Waals surface area contributed by atoms with Gasteiger partial charge < -0.3 is 10.4 Å². The minimum atomic E-state index is -1.01. The van der Waals surface area contributed by atoms with Gasteiger partial charge in [-0.05, 0) is 24.5 Å². The van der Waals surface area contributed by atoms with E-state index in [1.165, 1.54) is 0 Å². The Kier molecular flexibility index (Phi) is 4.83. The molecule has 0 aliphatic carbocycles. The monoisotopic (exact) mass is 250 g/mol. The molecule has 1 aromatic rings. The number of hydrogen-bond acceptors (Lipinski definition) is 3. The van der Waals surface area contributed by atoms with Crippen LogP contribution in [0.2, 0.25) is 0 Å². The van der Waals surface area contributed by atoms with Crippen molar-refractivity contribution in [2.24, 2.45) is 5.92 Å². The van der Waals surface area contributed by atoms with Crippen molar-refractivity contribution in [3.63, 3.8) is 0 Å². The lowest BCUT2D eigenvalue weighted by molar-refractivity contribution is -0.143. The van der Waals surface area contributed by atoms with Crippen molar-refractivity contribution in [2.75, 3.05) is 0 Å². The Morgan fingerprint density at radius 2 is 2.06 bits per heavy atom. The number of pyridine rings is 1. The molecule has 1 aromatic heterocycles. The Labute approximate surface area is 106 Å². The van der Waals surface area contributed by atoms with Gasteiger partial charge in [0.05, 0.1) is 6.42 Å². The molecule has 1 rings (SSSR count). The van der Waals surface area contributed by atoms with E-state index in [1.807, 2.05) is 19.1 Å². The van der Waals surface area contributed by atoms with Crippen LogP contribution >= 0.6 is 0 Å². The van der Waals surface area contributed by atoms with E-state index >= 15 is 0 Å². The van der Waals surface area contributed by atoms with Crippen molar-refractivity contribution in [3.8, 4) is 0 Å². The Morgan fingerprint density at radius 3 is 2.50 bits per heavy atom. The lowest BCUT2D eigenvalue weighted by Gasteiger charge is -2.17. The van der Waals surface area contributed by atoms with Crippen LogP contribution in [0.25, 0.3) is 0 Å². The van der Waals surface area contributed by atoms with Gasteiger partial charge in [0.15, 0.2) is 0 Å². The summed E-state index contributed by atoms with van der Waals surface area (Å²) in [4.78, 5) is 26.7. The number of carboxylic acids is 1. The van der Waals surface area contributed by atoms with Crippen LogP contribution < -0.4 is 5.32 Å². The molecular weight excluding hydrogens is 232 g/mol. The summed E-state index contributed by atoms with van der Waals surface area (Å²) < 4.78 is 0. The number of carbonyl (C=O) groups excluding carboxylic acids is 1. The molecule has 5 heteroatoms. The number of carboxylic acid groups (broad SMARTS) is 1. The molecule has 18 heavy (non-hydrogen) atoms. The molecule has 0 aromatic carbocycles. The van der Waals surface area contributed by atoms with Gasteiger partial charge in [-0.1, -0.05) is 19.9 Å². The largest absolute Gasteiger partial charge is 0.480 e. The highest BCUT2D eigenvalue weighted by atomic mass is 16.4. The number of amides is 1. The summed E-state index contributed by atoms with van der Waals surface area (Å²) in [6.07, 6.45) is 1.77. The first-order valence-electron chi connectivity index (χ1n) is 5.84. The van der Waals surface area contributed by atoms with Crippen LogP contribution in [0.4, 0.5) is 0 Å². The predicted octanol–water partition coefficient (Wildman–Crippen LogP) is 1.16. The summed E-state index contributed by atoms with van der Waals surface area (Å²) >= 11 is 0. The van der Waals surface area contributed by atoms with Crippen molar-refractivity contribution < 1.29 is 14.7 Å². The number of aliphatic carboxylic acids is 1. The standard InChI is InChI=1S/C13H18N2O3/c1-8(2)12(13(17)18)15-11(16)6-10-5-4-9(3)14-7-10/h4-5,7-8,12H,6H2,1-3H3,(H,15,16)(H,17,18)/t12-/m1/s1. The molecule has 0 fully saturated rings. The van der Waals surface area contributed by atoms with Crippen molar-refractivity contribution >= 4 is 11.9 Å². The molecule has 0 spiro atoms. The Balaban J connectivity index is 2.60. The first-order chi connectivity index (χ1) is 8.40. The summed E-state index contributed by atoms with van der Waals surface area (Å²) in [6, 6.07) is 2.78. The normalized spacial score (nSPS) is 12.2. The molecule has 0 aliphatic heterocycles. The average Bonchev–Trinajstić information content (AvgIpc) is 2.28. The topological polar surface area (TPSA) is 79.3 Å². The van der Waals surface area contributed by atoms with Crippen molar-refractivity contribution in [3.05, 3.63) is 29.6 Å². The molecule has 2 N–H and O–H groups in total. The van der Waals surface area contributed by atoms with Gasteiger partial charge in [0.25, 0.3) is 0 Å². The second-order valence-corrected chi connectivity index (χ2v) is 4.61. The quantitative estimate of drug-likeness (QED) is 0.821. The number of hydrogen-bond donors (Lipinski definition) is 2. The van der Waals surface area contributed by atoms with Gasteiger partial charge in [0, 0.05) is 11.9 Å². The molecular formula is C13H18N2O3. The van der Waals surface area contributed by atoms with E-state index in [0.29, 0.717) is 0 Å². The van der Waals surface area contributed by atoms with E-state index in [-0.39, 0.29) is 18.2 Å². The summed E-state index contributed by atoms with van der Waals surface area (Å²) in [5.74, 6) is -1.47. The van der Waals surface area contributed by atoms with E-state index in [1.54, 1.807) is 20.0 Å². The van der Waals surface area contributed by atoms with Crippen LogP contribution in [-0.4, -0.2) is 28.0 Å². The van der Waals surface area contributed by atoms with Crippen LogP contribution in [0.15, 0.2) is 18.3 Å². The number of nitrogens with zero attached hydrogens (tertiary/aromatic N) is 1. The molecule has 0 bridgehead atoms. The fraction of sp³-hybridized carbons (Fsp3) is 0.462. The Morgan fingerprint density at radius 1 is 1.39 bits per heavy atom. The minimum Gasteiger partial charge on any atom is -0.480 e. The zero-order valence-corrected chi connectivity index (χ0v) is 10.8. The van der Waals surface area contributed by atoms with E-state index in [4.69, 9.17) is 5.11 Å². The number of carbonyl (C=O) groups is 2. The first kappa shape index (κ1) is 14.2. The molecule has 0 unspecified atom stereocenters. The zero-order chi connectivity index (χ0) is 13.7. The fourth-order valence-corrected chi connectivity index (χ4v) is 1.53. The second-order valence-electron chi connectivity index (χ2n) is 4.61. The maximum Gasteiger partial charge on any atom is 0.326 e. The fourth-order valence-electron chi connectivity index (χ4n) is 1.53. The predicted molar refractivity (Wildman–Crippen MR) is 67.1 cm³/mol. The minimum absolute atomic E-state index is 0.143. The summed E-state index contributed by atoms with van der Waals surface area (Å²) in [7, 11) is 0. The SMILES string of the molecule is Cc1ccc(CC(=O)N[C@@H](C(=O)O)C(C)C)cn1. The third-order valence-corrected chi connectivity index (χ3v) is 2.59. The zero-order valence-electron chi connectivity index (χ0n) is 10.8. The van der Waals surface area contributed by atoms with Crippen molar-refractivity contribution in [1.82, 2.24) is 10.3 Å². The van der Waals surface area contributed by atoms with Crippen molar-refractivity contribution in [1.29, 1.82) is 0 Å². The summed E-state index contributed by atoms with van der Waals surface area (Å²) in [6.45, 7) is 5.38. The number of aryl methyl sites for hydroxylation is 1. The second kappa shape index (κ2) is 6.14. The van der Waals surface area contributed by atoms with Gasteiger partial charge in [0.1, 0.15) is 6.04 Å². The Hall–Kier alpha value is -1.91. The van der Waals surface area contributed by atoms with E-state index in [9.17, 15) is 9.59 Å². The first-order valence-corrected chi connectivity index (χ1v) is 5.84. The molecule has 0 saturated carbocycles. The molecule has 1 heterocycles. The third-order valence-electron chi connectivity index (χ3n) is 2.59. The highest BCUT2D eigenvalue weighted by molar-refractivity contribution is 5.84. The highest BCUT2D eigenvalue weighted by Crippen LogP contribution is 2.04. The van der Waals surface area contributed by atoms with Gasteiger partial charge in [-0.3, -0.25) is 9.78 Å². The van der Waals surface area contributed by atoms with Crippen LogP contribution in [0.3, 0.4) is 0 Å². The molecule has 98 valence electrons. The molecule has 0 radical (unpaired) electrons. The van der Waals surface area contributed by atoms with Crippen LogP contribution in [0.1, 0.15) is 25.1 Å². The van der Waals surface area contributed by atoms with Gasteiger partial charge in [-0.25, -0.2) is 4.79 Å². The van der Waals surface area contributed by atoms with Crippen LogP contribution in [0.5, 0.6) is 0 Å². The molecule has 5 nitrogen and oxygen atoms in total. The number of nitrogens with one attached hydrogen (secondary N) is 1. The van der Waals surface area contributed by atoms with Crippen molar-refractivity contribution in [2.45, 2.75) is 33.2 Å². The highest BCUT2D eigenvalue weighted by Gasteiger charge is 2.23. The lowest BCUT2D eigenvalue weighted by atomic mass is 10.0. The van der Waals surface area contributed by atoms with Gasteiger partial charge in [-0.15, -0.1) is 0 Å². The smallest absolute Gasteiger partial charge is 0.326 e. The molecule has 0 aliphatic rings. The van der Waals surface area contributed by atoms with E-state index in [2.05, 4.69) is 10.3 Å². The maximum absolute atomic E-state index is 11.7. The average molecular weight is 250 g/mol. The van der Waals surface area contributed by atoms with Crippen LogP contribution in [-0.2, 0) is 16.0 Å². The van der Waals surface area contributed by atoms with E-state index < -0.39 is 12.0 Å². The molecule has 1 amide bonds. The summed E-state index contributed by atoms with van der Waals surface area (Å²) in [5, 5.41) is 11.5. The molecule has 1 atom stereocenters. The van der Waals surface area contributed by atoms with Gasteiger partial charge in [0.2, 0.25) is 5.91 Å². The van der Waals surface area contributed by atoms with Gasteiger partial charge in [-0.2, -0.15) is 0 Å².